The highest BCUT2D eigenvalue weighted by molar-refractivity contribution is 7.99. The number of fused-ring (bicyclic) bond motifs is 1. The molecule has 27 heavy (non-hydrogen) atoms. The molecule has 1 fully saturated rings. The van der Waals surface area contributed by atoms with Crippen molar-refractivity contribution in [3.05, 3.63) is 47.2 Å². The monoisotopic (exact) mass is 380 g/mol. The molecule has 140 valence electrons. The predicted octanol–water partition coefficient (Wildman–Crippen LogP) is 3.22. The number of rotatable bonds is 4. The molecule has 0 unspecified atom stereocenters. The Labute approximate surface area is 164 Å². The van der Waals surface area contributed by atoms with Gasteiger partial charge in [0.2, 0.25) is 5.91 Å². The van der Waals surface area contributed by atoms with Crippen molar-refractivity contribution in [2.45, 2.75) is 25.7 Å². The van der Waals surface area contributed by atoms with Gasteiger partial charge in [0.25, 0.3) is 0 Å². The molecule has 2 heterocycles. The van der Waals surface area contributed by atoms with E-state index in [1.54, 1.807) is 0 Å². The van der Waals surface area contributed by atoms with Crippen LogP contribution in [0.15, 0.2) is 30.3 Å². The molecule has 2 aliphatic rings. The van der Waals surface area contributed by atoms with E-state index >= 15 is 0 Å². The second kappa shape index (κ2) is 8.20. The lowest BCUT2D eigenvalue weighted by Gasteiger charge is -2.25. The number of para-hydroxylation sites is 1. The highest BCUT2D eigenvalue weighted by Gasteiger charge is 2.27. The summed E-state index contributed by atoms with van der Waals surface area (Å²) in [6.07, 6.45) is 4.06. The van der Waals surface area contributed by atoms with Gasteiger partial charge in [-0.3, -0.25) is 14.3 Å². The SMILES string of the molecule is N#Cc1c2c(n(-c3ccccc3)c1NC(=O)CN1CCSCC1)CCCC2. The van der Waals surface area contributed by atoms with E-state index < -0.39 is 0 Å². The lowest BCUT2D eigenvalue weighted by molar-refractivity contribution is -0.117. The van der Waals surface area contributed by atoms with Crippen LogP contribution in [0.2, 0.25) is 0 Å². The van der Waals surface area contributed by atoms with Crippen LogP contribution in [0, 0.1) is 11.3 Å². The smallest absolute Gasteiger partial charge is 0.239 e. The van der Waals surface area contributed by atoms with Crippen molar-refractivity contribution in [1.29, 1.82) is 5.26 Å². The molecule has 0 bridgehead atoms. The molecule has 0 saturated carbocycles. The molecule has 1 aromatic carbocycles. The number of nitrogens with one attached hydrogen (secondary N) is 1. The van der Waals surface area contributed by atoms with E-state index in [2.05, 4.69) is 20.9 Å². The van der Waals surface area contributed by atoms with Gasteiger partial charge in [-0.15, -0.1) is 0 Å². The molecule has 1 aliphatic carbocycles. The topological polar surface area (TPSA) is 61.1 Å². The number of hydrogen-bond donors (Lipinski definition) is 1. The first-order valence-corrected chi connectivity index (χ1v) is 10.8. The minimum atomic E-state index is -0.0366. The van der Waals surface area contributed by atoms with Crippen LogP contribution < -0.4 is 5.32 Å². The molecule has 1 amide bonds. The summed E-state index contributed by atoms with van der Waals surface area (Å²) in [7, 11) is 0. The number of anilines is 1. The Kier molecular flexibility index (Phi) is 5.51. The summed E-state index contributed by atoms with van der Waals surface area (Å²) >= 11 is 1.93. The molecule has 1 aromatic heterocycles. The van der Waals surface area contributed by atoms with Gasteiger partial charge in [-0.05, 0) is 43.4 Å². The standard InChI is InChI=1S/C21H24N4OS/c22-14-18-17-8-4-5-9-19(17)25(16-6-2-1-3-7-16)21(18)23-20(26)15-24-10-12-27-13-11-24/h1-3,6-7H,4-5,8-13,15H2,(H,23,26). The van der Waals surface area contributed by atoms with Crippen molar-refractivity contribution in [2.75, 3.05) is 36.5 Å². The van der Waals surface area contributed by atoms with Gasteiger partial charge < -0.3 is 5.32 Å². The molecular weight excluding hydrogens is 356 g/mol. The van der Waals surface area contributed by atoms with Gasteiger partial charge in [0, 0.05) is 36.0 Å². The molecule has 5 nitrogen and oxygen atoms in total. The number of nitriles is 1. The van der Waals surface area contributed by atoms with Crippen molar-refractivity contribution >= 4 is 23.5 Å². The minimum absolute atomic E-state index is 0.0366. The van der Waals surface area contributed by atoms with Gasteiger partial charge in [0.15, 0.2) is 0 Å². The van der Waals surface area contributed by atoms with E-state index in [-0.39, 0.29) is 5.91 Å². The summed E-state index contributed by atoms with van der Waals surface area (Å²) in [6.45, 7) is 2.27. The summed E-state index contributed by atoms with van der Waals surface area (Å²) < 4.78 is 2.09. The van der Waals surface area contributed by atoms with E-state index in [0.717, 1.165) is 61.5 Å². The average Bonchev–Trinajstić information content (AvgIpc) is 3.02. The fourth-order valence-corrected chi connectivity index (χ4v) is 5.01. The Balaban J connectivity index is 1.69. The number of carbonyl (C=O) groups is 1. The Hall–Kier alpha value is -2.23. The zero-order chi connectivity index (χ0) is 18.6. The summed E-state index contributed by atoms with van der Waals surface area (Å²) in [5, 5.41) is 12.9. The number of aromatic nitrogens is 1. The Morgan fingerprint density at radius 1 is 1.15 bits per heavy atom. The van der Waals surface area contributed by atoms with Crippen LogP contribution in [-0.2, 0) is 17.6 Å². The third kappa shape index (κ3) is 3.76. The number of carbonyl (C=O) groups excluding carboxylic acids is 1. The van der Waals surface area contributed by atoms with E-state index in [4.69, 9.17) is 0 Å². The van der Waals surface area contributed by atoms with E-state index in [9.17, 15) is 10.1 Å². The normalized spacial score (nSPS) is 17.1. The number of thioether (sulfide) groups is 1. The van der Waals surface area contributed by atoms with E-state index in [1.165, 1.54) is 5.69 Å². The van der Waals surface area contributed by atoms with Crippen molar-refractivity contribution < 1.29 is 4.79 Å². The molecule has 1 aliphatic heterocycles. The lowest BCUT2D eigenvalue weighted by atomic mass is 9.95. The van der Waals surface area contributed by atoms with Gasteiger partial charge in [0.05, 0.1) is 12.1 Å². The first kappa shape index (κ1) is 18.1. The molecular formula is C21H24N4OS. The summed E-state index contributed by atoms with van der Waals surface area (Å²) in [6, 6.07) is 12.4. The van der Waals surface area contributed by atoms with Crippen LogP contribution in [-0.4, -0.2) is 46.5 Å². The lowest BCUT2D eigenvalue weighted by Crippen LogP contribution is -2.39. The predicted molar refractivity (Wildman–Crippen MR) is 110 cm³/mol. The maximum Gasteiger partial charge on any atom is 0.239 e. The largest absolute Gasteiger partial charge is 0.310 e. The van der Waals surface area contributed by atoms with Crippen LogP contribution >= 0.6 is 11.8 Å². The molecule has 1 saturated heterocycles. The van der Waals surface area contributed by atoms with Gasteiger partial charge >= 0.3 is 0 Å². The van der Waals surface area contributed by atoms with Gasteiger partial charge in [-0.2, -0.15) is 17.0 Å². The average molecular weight is 381 g/mol. The molecule has 0 radical (unpaired) electrons. The van der Waals surface area contributed by atoms with Gasteiger partial charge in [0.1, 0.15) is 11.9 Å². The zero-order valence-electron chi connectivity index (χ0n) is 15.4. The first-order valence-electron chi connectivity index (χ1n) is 9.60. The van der Waals surface area contributed by atoms with Crippen LogP contribution in [0.25, 0.3) is 5.69 Å². The molecule has 6 heteroatoms. The Morgan fingerprint density at radius 2 is 1.89 bits per heavy atom. The van der Waals surface area contributed by atoms with Crippen molar-refractivity contribution in [1.82, 2.24) is 9.47 Å². The molecule has 2 aromatic rings. The second-order valence-corrected chi connectivity index (χ2v) is 8.30. The Morgan fingerprint density at radius 3 is 2.63 bits per heavy atom. The van der Waals surface area contributed by atoms with Crippen molar-refractivity contribution in [3.8, 4) is 11.8 Å². The summed E-state index contributed by atoms with van der Waals surface area (Å²) in [5.74, 6) is 2.76. The number of amides is 1. The maximum atomic E-state index is 12.8. The number of nitrogens with zero attached hydrogens (tertiary/aromatic N) is 3. The first-order chi connectivity index (χ1) is 13.3. The van der Waals surface area contributed by atoms with Gasteiger partial charge in [-0.1, -0.05) is 18.2 Å². The quantitative estimate of drug-likeness (QED) is 0.885. The van der Waals surface area contributed by atoms with E-state index in [1.807, 2.05) is 42.1 Å². The second-order valence-electron chi connectivity index (χ2n) is 7.08. The highest BCUT2D eigenvalue weighted by atomic mass is 32.2. The Bertz CT molecular complexity index is 863. The van der Waals surface area contributed by atoms with Crippen LogP contribution in [0.3, 0.4) is 0 Å². The molecule has 1 N–H and O–H groups in total. The number of benzene rings is 1. The fourth-order valence-electron chi connectivity index (χ4n) is 4.03. The zero-order valence-corrected chi connectivity index (χ0v) is 16.2. The molecule has 0 atom stereocenters. The van der Waals surface area contributed by atoms with Crippen molar-refractivity contribution in [2.24, 2.45) is 0 Å². The highest BCUT2D eigenvalue weighted by Crippen LogP contribution is 2.35. The minimum Gasteiger partial charge on any atom is -0.310 e. The molecule has 4 rings (SSSR count). The summed E-state index contributed by atoms with van der Waals surface area (Å²) in [5.41, 5.74) is 3.92. The van der Waals surface area contributed by atoms with Crippen molar-refractivity contribution in [3.63, 3.8) is 0 Å². The fraction of sp³-hybridized carbons (Fsp3) is 0.429. The van der Waals surface area contributed by atoms with E-state index in [0.29, 0.717) is 17.9 Å². The van der Waals surface area contributed by atoms with Crippen LogP contribution in [0.1, 0.15) is 29.7 Å². The third-order valence-electron chi connectivity index (χ3n) is 5.33. The van der Waals surface area contributed by atoms with Crippen LogP contribution in [0.4, 0.5) is 5.82 Å². The van der Waals surface area contributed by atoms with Crippen LogP contribution in [0.5, 0.6) is 0 Å². The molecule has 0 spiro atoms. The maximum absolute atomic E-state index is 12.8. The third-order valence-corrected chi connectivity index (χ3v) is 6.27. The number of hydrogen-bond acceptors (Lipinski definition) is 4. The van der Waals surface area contributed by atoms with Gasteiger partial charge in [-0.25, -0.2) is 0 Å². The summed E-state index contributed by atoms with van der Waals surface area (Å²) in [4.78, 5) is 15.0.